The molecule has 0 saturated carbocycles. The SMILES string of the molecule is NCCOS(=O)(=O)c1cccs1. The second-order valence-electron chi connectivity index (χ2n) is 2.00. The summed E-state index contributed by atoms with van der Waals surface area (Å²) in [7, 11) is -3.54. The summed E-state index contributed by atoms with van der Waals surface area (Å²) in [6.07, 6.45) is 0. The van der Waals surface area contributed by atoms with Crippen molar-refractivity contribution < 1.29 is 12.6 Å². The first-order valence-corrected chi connectivity index (χ1v) is 5.58. The van der Waals surface area contributed by atoms with Gasteiger partial charge in [0.15, 0.2) is 0 Å². The zero-order valence-electron chi connectivity index (χ0n) is 6.26. The van der Waals surface area contributed by atoms with Crippen LogP contribution >= 0.6 is 11.3 Å². The van der Waals surface area contributed by atoms with Gasteiger partial charge >= 0.3 is 10.1 Å². The molecule has 2 N–H and O–H groups in total. The molecule has 0 aliphatic heterocycles. The van der Waals surface area contributed by atoms with Gasteiger partial charge in [0.25, 0.3) is 0 Å². The summed E-state index contributed by atoms with van der Waals surface area (Å²) in [6.45, 7) is 0.227. The molecule has 1 rings (SSSR count). The van der Waals surface area contributed by atoms with E-state index in [9.17, 15) is 8.42 Å². The number of nitrogens with two attached hydrogens (primary N) is 1. The predicted octanol–water partition coefficient (Wildman–Crippen LogP) is 0.412. The molecule has 0 atom stereocenters. The van der Waals surface area contributed by atoms with Gasteiger partial charge in [-0.25, -0.2) is 0 Å². The van der Waals surface area contributed by atoms with E-state index in [0.29, 0.717) is 0 Å². The van der Waals surface area contributed by atoms with Crippen LogP contribution in [0, 0.1) is 0 Å². The first-order valence-electron chi connectivity index (χ1n) is 3.30. The van der Waals surface area contributed by atoms with Gasteiger partial charge in [-0.05, 0) is 11.4 Å². The lowest BCUT2D eigenvalue weighted by Gasteiger charge is -1.99. The normalized spacial score (nSPS) is 11.8. The van der Waals surface area contributed by atoms with Crippen LogP contribution in [0.3, 0.4) is 0 Å². The van der Waals surface area contributed by atoms with Crippen LogP contribution in [-0.4, -0.2) is 21.6 Å². The second-order valence-corrected chi connectivity index (χ2v) is 4.79. The van der Waals surface area contributed by atoms with Crippen molar-refractivity contribution in [1.29, 1.82) is 0 Å². The Morgan fingerprint density at radius 2 is 2.33 bits per heavy atom. The van der Waals surface area contributed by atoms with Gasteiger partial charge < -0.3 is 5.73 Å². The topological polar surface area (TPSA) is 69.4 Å². The van der Waals surface area contributed by atoms with Crippen molar-refractivity contribution in [2.24, 2.45) is 5.73 Å². The number of rotatable bonds is 4. The zero-order chi connectivity index (χ0) is 9.03. The lowest BCUT2D eigenvalue weighted by atomic mass is 10.7. The van der Waals surface area contributed by atoms with Crippen molar-refractivity contribution in [2.75, 3.05) is 13.2 Å². The number of hydrogen-bond donors (Lipinski definition) is 1. The van der Waals surface area contributed by atoms with Gasteiger partial charge in [-0.1, -0.05) is 6.07 Å². The Balaban J connectivity index is 2.74. The van der Waals surface area contributed by atoms with Crippen molar-refractivity contribution in [1.82, 2.24) is 0 Å². The molecule has 6 heteroatoms. The Morgan fingerprint density at radius 3 is 2.83 bits per heavy atom. The van der Waals surface area contributed by atoms with Crippen molar-refractivity contribution in [3.63, 3.8) is 0 Å². The Bertz CT molecular complexity index is 317. The molecule has 0 spiro atoms. The highest BCUT2D eigenvalue weighted by molar-refractivity contribution is 7.89. The molecule has 68 valence electrons. The molecule has 0 amide bonds. The maximum atomic E-state index is 11.2. The highest BCUT2D eigenvalue weighted by atomic mass is 32.3. The fraction of sp³-hybridized carbons (Fsp3) is 0.333. The van der Waals surface area contributed by atoms with Crippen LogP contribution in [0.4, 0.5) is 0 Å². The smallest absolute Gasteiger partial charge is 0.306 e. The minimum absolute atomic E-state index is 0.0280. The lowest BCUT2D eigenvalue weighted by Crippen LogP contribution is -2.13. The molecule has 0 bridgehead atoms. The molecule has 1 aromatic heterocycles. The summed E-state index contributed by atoms with van der Waals surface area (Å²) < 4.78 is 27.2. The van der Waals surface area contributed by atoms with Crippen molar-refractivity contribution in [3.05, 3.63) is 17.5 Å². The standard InChI is InChI=1S/C6H9NO3S2/c7-3-4-10-12(8,9)6-2-1-5-11-6/h1-2,5H,3-4,7H2. The molecule has 0 aliphatic rings. The molecule has 0 radical (unpaired) electrons. The molecule has 4 nitrogen and oxygen atoms in total. The summed E-state index contributed by atoms with van der Waals surface area (Å²) >= 11 is 1.13. The lowest BCUT2D eigenvalue weighted by molar-refractivity contribution is 0.329. The maximum absolute atomic E-state index is 11.2. The van der Waals surface area contributed by atoms with Crippen LogP contribution in [0.25, 0.3) is 0 Å². The highest BCUT2D eigenvalue weighted by Gasteiger charge is 2.14. The number of thiophene rings is 1. The molecule has 0 aliphatic carbocycles. The average Bonchev–Trinajstić information content (AvgIpc) is 2.53. The molecule has 1 heterocycles. The summed E-state index contributed by atoms with van der Waals surface area (Å²) in [4.78, 5) is 0. The molecule has 12 heavy (non-hydrogen) atoms. The summed E-state index contributed by atoms with van der Waals surface area (Å²) in [5.74, 6) is 0. The Labute approximate surface area is 75.1 Å². The van der Waals surface area contributed by atoms with E-state index in [2.05, 4.69) is 4.18 Å². The van der Waals surface area contributed by atoms with Gasteiger partial charge in [-0.3, -0.25) is 4.18 Å². The van der Waals surface area contributed by atoms with Gasteiger partial charge in [-0.15, -0.1) is 11.3 Å². The van der Waals surface area contributed by atoms with Crippen LogP contribution in [0.2, 0.25) is 0 Å². The van der Waals surface area contributed by atoms with Crippen LogP contribution in [0.15, 0.2) is 21.7 Å². The summed E-state index contributed by atoms with van der Waals surface area (Å²) in [5.41, 5.74) is 5.10. The van der Waals surface area contributed by atoms with Gasteiger partial charge in [0.1, 0.15) is 4.21 Å². The molecular formula is C6H9NO3S2. The Kier molecular flexibility index (Phi) is 3.21. The Hall–Kier alpha value is -0.430. The second kappa shape index (κ2) is 3.99. The van der Waals surface area contributed by atoms with Crippen molar-refractivity contribution >= 4 is 21.5 Å². The fourth-order valence-electron chi connectivity index (χ4n) is 0.622. The van der Waals surface area contributed by atoms with Gasteiger partial charge in [0, 0.05) is 6.54 Å². The van der Waals surface area contributed by atoms with E-state index in [-0.39, 0.29) is 17.4 Å². The van der Waals surface area contributed by atoms with Crippen molar-refractivity contribution in [2.45, 2.75) is 4.21 Å². The van der Waals surface area contributed by atoms with Crippen LogP contribution in [0.1, 0.15) is 0 Å². The molecule has 0 saturated heterocycles. The van der Waals surface area contributed by atoms with E-state index < -0.39 is 10.1 Å². The Morgan fingerprint density at radius 1 is 1.58 bits per heavy atom. The maximum Gasteiger partial charge on any atom is 0.306 e. The van der Waals surface area contributed by atoms with Crippen LogP contribution in [0.5, 0.6) is 0 Å². The molecule has 0 aromatic carbocycles. The third kappa shape index (κ3) is 2.28. The first kappa shape index (κ1) is 9.66. The van der Waals surface area contributed by atoms with E-state index in [1.807, 2.05) is 0 Å². The average molecular weight is 207 g/mol. The zero-order valence-corrected chi connectivity index (χ0v) is 7.90. The van der Waals surface area contributed by atoms with Crippen LogP contribution in [-0.2, 0) is 14.3 Å². The predicted molar refractivity (Wildman–Crippen MR) is 46.5 cm³/mol. The van der Waals surface area contributed by atoms with Gasteiger partial charge in [-0.2, -0.15) is 8.42 Å². The van der Waals surface area contributed by atoms with E-state index in [1.165, 1.54) is 6.07 Å². The summed E-state index contributed by atoms with van der Waals surface area (Å²) in [5, 5.41) is 1.68. The highest BCUT2D eigenvalue weighted by Crippen LogP contribution is 2.17. The monoisotopic (exact) mass is 207 g/mol. The minimum atomic E-state index is -3.54. The van der Waals surface area contributed by atoms with Crippen LogP contribution < -0.4 is 5.73 Å². The molecule has 0 fully saturated rings. The van der Waals surface area contributed by atoms with Gasteiger partial charge in [0.05, 0.1) is 6.61 Å². The molecule has 0 unspecified atom stereocenters. The third-order valence-electron chi connectivity index (χ3n) is 1.10. The van der Waals surface area contributed by atoms with E-state index in [4.69, 9.17) is 5.73 Å². The minimum Gasteiger partial charge on any atom is -0.328 e. The van der Waals surface area contributed by atoms with E-state index >= 15 is 0 Å². The quantitative estimate of drug-likeness (QED) is 0.726. The third-order valence-corrected chi connectivity index (χ3v) is 3.77. The molecule has 1 aromatic rings. The van der Waals surface area contributed by atoms with Crippen molar-refractivity contribution in [3.8, 4) is 0 Å². The first-order chi connectivity index (χ1) is 5.67. The number of hydrogen-bond acceptors (Lipinski definition) is 5. The molecular weight excluding hydrogens is 198 g/mol. The summed E-state index contributed by atoms with van der Waals surface area (Å²) in [6, 6.07) is 3.15. The largest absolute Gasteiger partial charge is 0.328 e. The van der Waals surface area contributed by atoms with E-state index in [1.54, 1.807) is 11.4 Å². The van der Waals surface area contributed by atoms with E-state index in [0.717, 1.165) is 11.3 Å². The van der Waals surface area contributed by atoms with Gasteiger partial charge in [0.2, 0.25) is 0 Å². The fourth-order valence-corrected chi connectivity index (χ4v) is 2.53.